The van der Waals surface area contributed by atoms with Crippen LogP contribution in [0.1, 0.15) is 11.5 Å². The predicted octanol–water partition coefficient (Wildman–Crippen LogP) is 2.29. The van der Waals surface area contributed by atoms with Crippen molar-refractivity contribution in [2.75, 3.05) is 13.2 Å². The molecule has 1 heterocycles. The average molecular weight is 176 g/mol. The first kappa shape index (κ1) is 8.17. The first-order valence-electron chi connectivity index (χ1n) is 4.36. The van der Waals surface area contributed by atoms with Gasteiger partial charge in [-0.3, -0.25) is 0 Å². The van der Waals surface area contributed by atoms with Gasteiger partial charge in [-0.25, -0.2) is 0 Å². The molecule has 0 spiro atoms. The fourth-order valence-electron chi connectivity index (χ4n) is 1.39. The lowest BCUT2D eigenvalue weighted by Crippen LogP contribution is -2.20. The van der Waals surface area contributed by atoms with Crippen molar-refractivity contribution in [3.05, 3.63) is 48.4 Å². The molecule has 0 unspecified atom stereocenters. The van der Waals surface area contributed by atoms with Gasteiger partial charge in [-0.05, 0) is 12.1 Å². The van der Waals surface area contributed by atoms with Crippen LogP contribution >= 0.6 is 0 Å². The zero-order valence-corrected chi connectivity index (χ0v) is 7.40. The summed E-state index contributed by atoms with van der Waals surface area (Å²) in [6.45, 7) is 4.94. The van der Waals surface area contributed by atoms with Crippen LogP contribution in [-0.4, -0.2) is 13.2 Å². The SMILES string of the molecule is C=C1OCC(c2ccccc2)CO1. The van der Waals surface area contributed by atoms with Crippen LogP contribution in [0.2, 0.25) is 0 Å². The van der Waals surface area contributed by atoms with E-state index in [1.807, 2.05) is 18.2 Å². The highest BCUT2D eigenvalue weighted by atomic mass is 16.7. The van der Waals surface area contributed by atoms with Crippen LogP contribution in [0, 0.1) is 0 Å². The van der Waals surface area contributed by atoms with Gasteiger partial charge in [-0.15, -0.1) is 0 Å². The van der Waals surface area contributed by atoms with Gasteiger partial charge in [0.05, 0.1) is 5.92 Å². The summed E-state index contributed by atoms with van der Waals surface area (Å²) in [5.74, 6) is 0.777. The summed E-state index contributed by atoms with van der Waals surface area (Å²) >= 11 is 0. The summed E-state index contributed by atoms with van der Waals surface area (Å²) in [5, 5.41) is 0. The smallest absolute Gasteiger partial charge is 0.271 e. The molecule has 0 radical (unpaired) electrons. The quantitative estimate of drug-likeness (QED) is 0.653. The Bertz CT molecular complexity index is 282. The molecule has 0 N–H and O–H groups in total. The van der Waals surface area contributed by atoms with Crippen LogP contribution in [0.25, 0.3) is 0 Å². The minimum Gasteiger partial charge on any atom is -0.465 e. The molecule has 0 aliphatic carbocycles. The molecule has 1 aromatic carbocycles. The second kappa shape index (κ2) is 3.52. The Kier molecular flexibility index (Phi) is 2.21. The molecule has 1 saturated heterocycles. The van der Waals surface area contributed by atoms with Crippen molar-refractivity contribution in [1.29, 1.82) is 0 Å². The summed E-state index contributed by atoms with van der Waals surface area (Å²) in [4.78, 5) is 0. The third kappa shape index (κ3) is 1.83. The van der Waals surface area contributed by atoms with Gasteiger partial charge in [0.1, 0.15) is 13.2 Å². The van der Waals surface area contributed by atoms with E-state index in [-0.39, 0.29) is 0 Å². The van der Waals surface area contributed by atoms with Crippen LogP contribution in [0.15, 0.2) is 42.9 Å². The molecule has 1 aliphatic rings. The molecule has 1 aliphatic heterocycles. The molecular formula is C11H12O2. The van der Waals surface area contributed by atoms with Crippen LogP contribution in [0.5, 0.6) is 0 Å². The molecule has 2 rings (SSSR count). The Morgan fingerprint density at radius 1 is 1.08 bits per heavy atom. The molecule has 1 fully saturated rings. The first-order valence-corrected chi connectivity index (χ1v) is 4.36. The van der Waals surface area contributed by atoms with E-state index in [4.69, 9.17) is 9.47 Å². The fourth-order valence-corrected chi connectivity index (χ4v) is 1.39. The van der Waals surface area contributed by atoms with E-state index in [0.717, 1.165) is 0 Å². The van der Waals surface area contributed by atoms with Crippen molar-refractivity contribution in [3.63, 3.8) is 0 Å². The highest BCUT2D eigenvalue weighted by Crippen LogP contribution is 2.22. The third-order valence-corrected chi connectivity index (χ3v) is 2.16. The van der Waals surface area contributed by atoms with E-state index >= 15 is 0 Å². The predicted molar refractivity (Wildman–Crippen MR) is 50.2 cm³/mol. The van der Waals surface area contributed by atoms with E-state index in [0.29, 0.717) is 25.1 Å². The first-order chi connectivity index (χ1) is 6.36. The highest BCUT2D eigenvalue weighted by molar-refractivity contribution is 5.20. The molecule has 0 atom stereocenters. The zero-order valence-electron chi connectivity index (χ0n) is 7.40. The van der Waals surface area contributed by atoms with Crippen LogP contribution in [-0.2, 0) is 9.47 Å². The van der Waals surface area contributed by atoms with Gasteiger partial charge < -0.3 is 9.47 Å². The fraction of sp³-hybridized carbons (Fsp3) is 0.273. The van der Waals surface area contributed by atoms with E-state index in [9.17, 15) is 0 Å². The largest absolute Gasteiger partial charge is 0.465 e. The van der Waals surface area contributed by atoms with Gasteiger partial charge in [-0.1, -0.05) is 30.3 Å². The number of ether oxygens (including phenoxy) is 2. The molecule has 68 valence electrons. The average Bonchev–Trinajstić information content (AvgIpc) is 2.20. The lowest BCUT2D eigenvalue weighted by Gasteiger charge is -2.24. The summed E-state index contributed by atoms with van der Waals surface area (Å²) in [5.41, 5.74) is 1.26. The normalized spacial score (nSPS) is 17.7. The molecule has 2 nitrogen and oxygen atoms in total. The maximum Gasteiger partial charge on any atom is 0.271 e. The van der Waals surface area contributed by atoms with Crippen molar-refractivity contribution in [2.24, 2.45) is 0 Å². The maximum atomic E-state index is 5.23. The molecule has 13 heavy (non-hydrogen) atoms. The minimum absolute atomic E-state index is 0.340. The molecule has 1 aromatic rings. The maximum absolute atomic E-state index is 5.23. The Morgan fingerprint density at radius 3 is 2.31 bits per heavy atom. The van der Waals surface area contributed by atoms with Crippen LogP contribution < -0.4 is 0 Å². The Labute approximate surface area is 77.8 Å². The number of rotatable bonds is 1. The Balaban J connectivity index is 2.07. The van der Waals surface area contributed by atoms with Crippen LogP contribution in [0.4, 0.5) is 0 Å². The zero-order chi connectivity index (χ0) is 9.10. The van der Waals surface area contributed by atoms with Crippen molar-refractivity contribution in [2.45, 2.75) is 5.92 Å². The highest BCUT2D eigenvalue weighted by Gasteiger charge is 2.18. The topological polar surface area (TPSA) is 18.5 Å². The monoisotopic (exact) mass is 176 g/mol. The number of hydrogen-bond acceptors (Lipinski definition) is 2. The number of benzene rings is 1. The van der Waals surface area contributed by atoms with Crippen molar-refractivity contribution in [3.8, 4) is 0 Å². The van der Waals surface area contributed by atoms with Gasteiger partial charge in [0, 0.05) is 0 Å². The summed E-state index contributed by atoms with van der Waals surface area (Å²) in [6, 6.07) is 10.2. The summed E-state index contributed by atoms with van der Waals surface area (Å²) < 4.78 is 10.5. The molecule has 2 heteroatoms. The van der Waals surface area contributed by atoms with Gasteiger partial charge in [0.2, 0.25) is 0 Å². The van der Waals surface area contributed by atoms with Crippen LogP contribution in [0.3, 0.4) is 0 Å². The Morgan fingerprint density at radius 2 is 1.69 bits per heavy atom. The third-order valence-electron chi connectivity index (χ3n) is 2.16. The molecule has 0 bridgehead atoms. The van der Waals surface area contributed by atoms with Gasteiger partial charge in [0.25, 0.3) is 5.95 Å². The summed E-state index contributed by atoms with van der Waals surface area (Å²) in [7, 11) is 0. The van der Waals surface area contributed by atoms with Gasteiger partial charge >= 0.3 is 0 Å². The molecule has 0 aromatic heterocycles. The minimum atomic E-state index is 0.340. The lowest BCUT2D eigenvalue weighted by molar-refractivity contribution is -0.0267. The van der Waals surface area contributed by atoms with E-state index < -0.39 is 0 Å². The van der Waals surface area contributed by atoms with E-state index in [1.165, 1.54) is 5.56 Å². The Hall–Kier alpha value is -1.44. The number of hydrogen-bond donors (Lipinski definition) is 0. The van der Waals surface area contributed by atoms with Gasteiger partial charge in [0.15, 0.2) is 0 Å². The second-order valence-electron chi connectivity index (χ2n) is 3.10. The summed E-state index contributed by atoms with van der Waals surface area (Å²) in [6.07, 6.45) is 0. The molecular weight excluding hydrogens is 164 g/mol. The van der Waals surface area contributed by atoms with Crippen molar-refractivity contribution >= 4 is 0 Å². The van der Waals surface area contributed by atoms with Gasteiger partial charge in [-0.2, -0.15) is 0 Å². The standard InChI is InChI=1S/C11H12O2/c1-9-12-7-11(8-13-9)10-5-3-2-4-6-10/h2-6,11H,1,7-8H2. The van der Waals surface area contributed by atoms with Crippen molar-refractivity contribution < 1.29 is 9.47 Å². The second-order valence-corrected chi connectivity index (χ2v) is 3.10. The lowest BCUT2D eigenvalue weighted by atomic mass is 10.0. The molecule has 0 amide bonds. The van der Waals surface area contributed by atoms with E-state index in [2.05, 4.69) is 18.7 Å². The van der Waals surface area contributed by atoms with Crippen molar-refractivity contribution in [1.82, 2.24) is 0 Å². The molecule has 0 saturated carbocycles. The van der Waals surface area contributed by atoms with E-state index in [1.54, 1.807) is 0 Å².